The second-order valence-corrected chi connectivity index (χ2v) is 4.48. The fourth-order valence-electron chi connectivity index (χ4n) is 1.65. The maximum atomic E-state index is 11.8. The number of carbonyl (C=O) groups is 4. The number of carbonyl (C=O) groups excluding carboxylic acids is 4. The van der Waals surface area contributed by atoms with Gasteiger partial charge >= 0.3 is 12.1 Å². The van der Waals surface area contributed by atoms with E-state index in [1.165, 1.54) is 7.05 Å². The van der Waals surface area contributed by atoms with Crippen LogP contribution in [-0.4, -0.2) is 44.0 Å². The van der Waals surface area contributed by atoms with E-state index in [9.17, 15) is 19.2 Å². The number of esters is 1. The molecule has 1 rings (SSSR count). The van der Waals surface area contributed by atoms with Crippen LogP contribution in [-0.2, 0) is 30.5 Å². The quantitative estimate of drug-likeness (QED) is 0.546. The molecule has 0 aromatic heterocycles. The molecule has 1 aromatic rings. The van der Waals surface area contributed by atoms with Crippen LogP contribution in [0.1, 0.15) is 12.0 Å². The number of hydrogen-bond donors (Lipinski definition) is 2. The van der Waals surface area contributed by atoms with Crippen LogP contribution in [0.2, 0.25) is 0 Å². The Morgan fingerprint density at radius 1 is 1.13 bits per heavy atom. The van der Waals surface area contributed by atoms with Crippen LogP contribution < -0.4 is 10.6 Å². The number of amides is 2. The SMILES string of the molecule is CNC(=O)C(=O)[C@H](CC(=O)OC)NC(=O)OCc1ccccc1. The molecule has 0 saturated heterocycles. The molecule has 0 heterocycles. The summed E-state index contributed by atoms with van der Waals surface area (Å²) in [4.78, 5) is 46.3. The highest BCUT2D eigenvalue weighted by molar-refractivity contribution is 6.38. The number of nitrogens with one attached hydrogen (secondary N) is 2. The first-order valence-corrected chi connectivity index (χ1v) is 6.78. The smallest absolute Gasteiger partial charge is 0.408 e. The lowest BCUT2D eigenvalue weighted by Gasteiger charge is -2.15. The first kappa shape index (κ1) is 18.1. The normalized spacial score (nSPS) is 11.0. The van der Waals surface area contributed by atoms with E-state index >= 15 is 0 Å². The molecule has 0 aliphatic carbocycles. The van der Waals surface area contributed by atoms with E-state index in [-0.39, 0.29) is 6.61 Å². The van der Waals surface area contributed by atoms with Crippen molar-refractivity contribution in [3.8, 4) is 0 Å². The average molecular weight is 322 g/mol. The fraction of sp³-hybridized carbons (Fsp3) is 0.333. The van der Waals surface area contributed by atoms with Crippen LogP contribution in [0, 0.1) is 0 Å². The monoisotopic (exact) mass is 322 g/mol. The van der Waals surface area contributed by atoms with Gasteiger partial charge in [-0.1, -0.05) is 30.3 Å². The number of Topliss-reactive ketones (excluding diaryl/α,β-unsaturated/α-hetero) is 1. The lowest BCUT2D eigenvalue weighted by atomic mass is 10.1. The predicted octanol–water partition coefficient (Wildman–Crippen LogP) is 0.160. The molecule has 1 aromatic carbocycles. The van der Waals surface area contributed by atoms with Gasteiger partial charge in [-0.25, -0.2) is 4.79 Å². The van der Waals surface area contributed by atoms with Crippen LogP contribution in [0.3, 0.4) is 0 Å². The minimum absolute atomic E-state index is 0.00815. The van der Waals surface area contributed by atoms with Gasteiger partial charge in [0, 0.05) is 7.05 Å². The van der Waals surface area contributed by atoms with E-state index < -0.39 is 36.2 Å². The third kappa shape index (κ3) is 6.16. The van der Waals surface area contributed by atoms with E-state index in [4.69, 9.17) is 4.74 Å². The van der Waals surface area contributed by atoms with Crippen molar-refractivity contribution in [2.75, 3.05) is 14.2 Å². The molecule has 0 fully saturated rings. The fourth-order valence-corrected chi connectivity index (χ4v) is 1.65. The van der Waals surface area contributed by atoms with Gasteiger partial charge in [-0.15, -0.1) is 0 Å². The van der Waals surface area contributed by atoms with Crippen molar-refractivity contribution in [2.24, 2.45) is 0 Å². The largest absolute Gasteiger partial charge is 0.469 e. The van der Waals surface area contributed by atoms with Crippen molar-refractivity contribution in [3.63, 3.8) is 0 Å². The Hall–Kier alpha value is -2.90. The number of likely N-dealkylation sites (N-methyl/N-ethyl adjacent to an activating group) is 1. The van der Waals surface area contributed by atoms with Crippen molar-refractivity contribution >= 4 is 23.8 Å². The maximum absolute atomic E-state index is 11.8. The number of ether oxygens (including phenoxy) is 2. The molecule has 0 bridgehead atoms. The first-order valence-electron chi connectivity index (χ1n) is 6.78. The van der Waals surface area contributed by atoms with Gasteiger partial charge in [0.2, 0.25) is 5.78 Å². The van der Waals surface area contributed by atoms with Crippen molar-refractivity contribution in [2.45, 2.75) is 19.1 Å². The highest BCUT2D eigenvalue weighted by atomic mass is 16.5. The summed E-state index contributed by atoms with van der Waals surface area (Å²) in [5.74, 6) is -2.63. The Morgan fingerprint density at radius 2 is 1.78 bits per heavy atom. The van der Waals surface area contributed by atoms with Gasteiger partial charge in [0.1, 0.15) is 12.6 Å². The molecule has 8 heteroatoms. The van der Waals surface area contributed by atoms with E-state index in [2.05, 4.69) is 15.4 Å². The number of alkyl carbamates (subject to hydrolysis) is 1. The average Bonchev–Trinajstić information content (AvgIpc) is 2.58. The van der Waals surface area contributed by atoms with Gasteiger partial charge in [-0.05, 0) is 5.56 Å². The van der Waals surface area contributed by atoms with Crippen LogP contribution in [0.25, 0.3) is 0 Å². The van der Waals surface area contributed by atoms with Crippen LogP contribution in [0.15, 0.2) is 30.3 Å². The summed E-state index contributed by atoms with van der Waals surface area (Å²) in [5.41, 5.74) is 0.754. The third-order valence-electron chi connectivity index (χ3n) is 2.87. The van der Waals surface area contributed by atoms with E-state index in [1.54, 1.807) is 24.3 Å². The molecular formula is C15H18N2O6. The van der Waals surface area contributed by atoms with Crippen molar-refractivity contribution in [1.82, 2.24) is 10.6 Å². The summed E-state index contributed by atoms with van der Waals surface area (Å²) in [7, 11) is 2.40. The molecule has 0 spiro atoms. The number of rotatable bonds is 7. The summed E-state index contributed by atoms with van der Waals surface area (Å²) in [5, 5.41) is 4.33. The van der Waals surface area contributed by atoms with Crippen molar-refractivity contribution in [3.05, 3.63) is 35.9 Å². The van der Waals surface area contributed by atoms with E-state index in [0.717, 1.165) is 12.7 Å². The molecular weight excluding hydrogens is 304 g/mol. The van der Waals surface area contributed by atoms with Crippen LogP contribution in [0.4, 0.5) is 4.79 Å². The van der Waals surface area contributed by atoms with Gasteiger partial charge in [0.25, 0.3) is 5.91 Å². The highest BCUT2D eigenvalue weighted by Gasteiger charge is 2.29. The Bertz CT molecular complexity index is 573. The molecule has 0 aliphatic rings. The Kier molecular flexibility index (Phi) is 7.25. The molecule has 1 atom stereocenters. The van der Waals surface area contributed by atoms with Crippen molar-refractivity contribution in [1.29, 1.82) is 0 Å². The minimum Gasteiger partial charge on any atom is -0.469 e. The first-order chi connectivity index (χ1) is 11.0. The zero-order valence-corrected chi connectivity index (χ0v) is 12.8. The van der Waals surface area contributed by atoms with Gasteiger partial charge in [0.05, 0.1) is 13.5 Å². The zero-order valence-electron chi connectivity index (χ0n) is 12.8. The Morgan fingerprint density at radius 3 is 2.35 bits per heavy atom. The summed E-state index contributed by atoms with van der Waals surface area (Å²) < 4.78 is 9.39. The highest BCUT2D eigenvalue weighted by Crippen LogP contribution is 2.02. The lowest BCUT2D eigenvalue weighted by molar-refractivity contribution is -0.144. The van der Waals surface area contributed by atoms with Gasteiger partial charge in [0.15, 0.2) is 0 Å². The molecule has 124 valence electrons. The summed E-state index contributed by atoms with van der Waals surface area (Å²) >= 11 is 0. The van der Waals surface area contributed by atoms with Gasteiger partial charge < -0.3 is 20.1 Å². The lowest BCUT2D eigenvalue weighted by Crippen LogP contribution is -2.48. The standard InChI is InChI=1S/C15H18N2O6/c1-16-14(20)13(19)11(8-12(18)22-2)17-15(21)23-9-10-6-4-3-5-7-10/h3-7,11H,8-9H2,1-2H3,(H,16,20)(H,17,21)/t11-/m0/s1. The molecule has 0 unspecified atom stereocenters. The van der Waals surface area contributed by atoms with Crippen LogP contribution >= 0.6 is 0 Å². The topological polar surface area (TPSA) is 111 Å². The molecule has 23 heavy (non-hydrogen) atoms. The van der Waals surface area contributed by atoms with Crippen LogP contribution in [0.5, 0.6) is 0 Å². The summed E-state index contributed by atoms with van der Waals surface area (Å²) in [6.45, 7) is -0.00815. The predicted molar refractivity (Wildman–Crippen MR) is 79.3 cm³/mol. The molecule has 8 nitrogen and oxygen atoms in total. The zero-order chi connectivity index (χ0) is 17.2. The van der Waals surface area contributed by atoms with Gasteiger partial charge in [-0.3, -0.25) is 14.4 Å². The molecule has 2 amide bonds. The number of benzene rings is 1. The second-order valence-electron chi connectivity index (χ2n) is 4.48. The van der Waals surface area contributed by atoms with Gasteiger partial charge in [-0.2, -0.15) is 0 Å². The number of methoxy groups -OCH3 is 1. The molecule has 0 aliphatic heterocycles. The Labute approximate surface area is 133 Å². The third-order valence-corrected chi connectivity index (χ3v) is 2.87. The van der Waals surface area contributed by atoms with Crippen molar-refractivity contribution < 1.29 is 28.7 Å². The maximum Gasteiger partial charge on any atom is 0.408 e. The number of hydrogen-bond acceptors (Lipinski definition) is 6. The molecule has 0 saturated carbocycles. The Balaban J connectivity index is 2.64. The summed E-state index contributed by atoms with van der Waals surface area (Å²) in [6.07, 6.45) is -1.39. The minimum atomic E-state index is -1.36. The summed E-state index contributed by atoms with van der Waals surface area (Å²) in [6, 6.07) is 7.55. The molecule has 0 radical (unpaired) electrons. The number of ketones is 1. The molecule has 2 N–H and O–H groups in total. The second kappa shape index (κ2) is 9.19. The van der Waals surface area contributed by atoms with E-state index in [0.29, 0.717) is 0 Å². The van der Waals surface area contributed by atoms with E-state index in [1.807, 2.05) is 6.07 Å².